The minimum absolute atomic E-state index is 0.0328. The van der Waals surface area contributed by atoms with Crippen molar-refractivity contribution >= 4 is 46.6 Å². The molecule has 0 bridgehead atoms. The first kappa shape index (κ1) is 21.4. The summed E-state index contributed by atoms with van der Waals surface area (Å²) in [5, 5.41) is 12.7. The topological polar surface area (TPSA) is 93.9 Å². The predicted molar refractivity (Wildman–Crippen MR) is 121 cm³/mol. The number of hydrogen-bond acceptors (Lipinski definition) is 9. The molecule has 164 valence electrons. The van der Waals surface area contributed by atoms with Crippen LogP contribution in [0.5, 0.6) is 0 Å². The molecule has 0 amide bonds. The zero-order chi connectivity index (χ0) is 21.7. The Hall–Kier alpha value is -1.82. The van der Waals surface area contributed by atoms with E-state index >= 15 is 0 Å². The molecule has 2 aliphatic heterocycles. The summed E-state index contributed by atoms with van der Waals surface area (Å²) in [6.45, 7) is 15.2. The second-order valence-corrected chi connectivity index (χ2v) is 15.2. The summed E-state index contributed by atoms with van der Waals surface area (Å²) in [4.78, 5) is 24.7. The number of nitro groups is 1. The Bertz CT molecular complexity index is 948. The summed E-state index contributed by atoms with van der Waals surface area (Å²) in [5.41, 5.74) is 0.598. The van der Waals surface area contributed by atoms with Crippen LogP contribution in [0.3, 0.4) is 0 Å². The number of ether oxygens (including phenoxy) is 1. The van der Waals surface area contributed by atoms with Gasteiger partial charge >= 0.3 is 5.69 Å². The Balaban J connectivity index is 1.55. The van der Waals surface area contributed by atoms with Crippen LogP contribution >= 0.6 is 11.3 Å². The fourth-order valence-corrected chi connectivity index (χ4v) is 5.70. The number of thiazole rings is 1. The van der Waals surface area contributed by atoms with Gasteiger partial charge in [0.2, 0.25) is 5.82 Å². The van der Waals surface area contributed by atoms with Crippen molar-refractivity contribution in [3.63, 3.8) is 0 Å². The largest absolute Gasteiger partial charge is 0.410 e. The quantitative estimate of drug-likeness (QED) is 0.386. The molecule has 0 N–H and O–H groups in total. The van der Waals surface area contributed by atoms with E-state index in [2.05, 4.69) is 48.7 Å². The lowest BCUT2D eigenvalue weighted by Crippen LogP contribution is -2.58. The Labute approximate surface area is 181 Å². The van der Waals surface area contributed by atoms with E-state index in [0.717, 1.165) is 22.9 Å². The number of morpholine rings is 1. The Kier molecular flexibility index (Phi) is 5.50. The van der Waals surface area contributed by atoms with E-state index in [-0.39, 0.29) is 21.8 Å². The van der Waals surface area contributed by atoms with Crippen LogP contribution in [0.4, 0.5) is 16.6 Å². The highest BCUT2D eigenvalue weighted by atomic mass is 32.1. The Morgan fingerprint density at radius 3 is 2.50 bits per heavy atom. The first-order valence-electron chi connectivity index (χ1n) is 10.3. The van der Waals surface area contributed by atoms with Crippen LogP contribution in [-0.2, 0) is 9.16 Å². The van der Waals surface area contributed by atoms with E-state index in [1.54, 1.807) is 6.07 Å². The molecule has 0 unspecified atom stereocenters. The van der Waals surface area contributed by atoms with Crippen molar-refractivity contribution in [3.8, 4) is 0 Å². The first-order valence-corrected chi connectivity index (χ1v) is 14.0. The number of fused-ring (bicyclic) bond motifs is 1. The number of aromatic nitrogens is 2. The van der Waals surface area contributed by atoms with Gasteiger partial charge in [0.1, 0.15) is 0 Å². The van der Waals surface area contributed by atoms with Crippen molar-refractivity contribution in [1.82, 2.24) is 9.97 Å². The van der Waals surface area contributed by atoms with Crippen molar-refractivity contribution in [1.29, 1.82) is 0 Å². The number of anilines is 2. The lowest BCUT2D eigenvalue weighted by Gasteiger charge is -2.46. The normalized spacial score (nSPS) is 18.7. The third kappa shape index (κ3) is 4.03. The average molecular weight is 452 g/mol. The number of nitrogens with zero attached hydrogens (tertiary/aromatic N) is 5. The molecule has 2 saturated heterocycles. The van der Waals surface area contributed by atoms with Gasteiger partial charge in [0.15, 0.2) is 19.1 Å². The number of pyridine rings is 1. The molecule has 2 aromatic rings. The summed E-state index contributed by atoms with van der Waals surface area (Å²) in [7, 11) is -1.87. The molecule has 4 rings (SSSR count). The predicted octanol–water partition coefficient (Wildman–Crippen LogP) is 3.65. The highest BCUT2D eigenvalue weighted by Crippen LogP contribution is 2.40. The van der Waals surface area contributed by atoms with Crippen LogP contribution in [0.15, 0.2) is 6.07 Å². The first-order chi connectivity index (χ1) is 14.0. The lowest BCUT2D eigenvalue weighted by atomic mass is 10.1. The monoisotopic (exact) mass is 451 g/mol. The molecule has 2 fully saturated rings. The van der Waals surface area contributed by atoms with Crippen molar-refractivity contribution in [2.24, 2.45) is 0 Å². The number of rotatable bonds is 5. The molecule has 30 heavy (non-hydrogen) atoms. The van der Waals surface area contributed by atoms with Gasteiger partial charge in [0.05, 0.1) is 28.9 Å². The van der Waals surface area contributed by atoms with E-state index in [1.807, 2.05) is 4.90 Å². The summed E-state index contributed by atoms with van der Waals surface area (Å²) in [6.07, 6.45) is 0.0855. The lowest BCUT2D eigenvalue weighted by molar-refractivity contribution is -0.384. The molecule has 2 aromatic heterocycles. The van der Waals surface area contributed by atoms with Gasteiger partial charge in [-0.05, 0) is 18.1 Å². The van der Waals surface area contributed by atoms with Crippen molar-refractivity contribution in [2.45, 2.75) is 45.0 Å². The molecule has 0 atom stereocenters. The molecule has 0 saturated carbocycles. The van der Waals surface area contributed by atoms with Crippen molar-refractivity contribution in [3.05, 3.63) is 16.2 Å². The van der Waals surface area contributed by atoms with E-state index < -0.39 is 8.32 Å². The van der Waals surface area contributed by atoms with Crippen molar-refractivity contribution in [2.75, 3.05) is 49.2 Å². The third-order valence-electron chi connectivity index (χ3n) is 6.23. The summed E-state index contributed by atoms with van der Waals surface area (Å²) < 4.78 is 12.6. The Morgan fingerprint density at radius 2 is 1.90 bits per heavy atom. The highest BCUT2D eigenvalue weighted by molar-refractivity contribution is 7.22. The molecule has 0 spiro atoms. The zero-order valence-electron chi connectivity index (χ0n) is 18.2. The molecule has 0 radical (unpaired) electrons. The standard InChI is InChI=1S/C19H29N5O4SSi/c1-19(2,3)30(4,5)28-13-11-23(12-13)17-14(24(25)26)10-15-16(20-17)21-18(29-15)22-6-8-27-9-7-22/h10,13H,6-9,11-12H2,1-5H3. The molecule has 0 aromatic carbocycles. The van der Waals surface area contributed by atoms with Gasteiger partial charge in [0.25, 0.3) is 0 Å². The fraction of sp³-hybridized carbons (Fsp3) is 0.684. The minimum Gasteiger partial charge on any atom is -0.410 e. The van der Waals surface area contributed by atoms with Crippen LogP contribution in [0.2, 0.25) is 18.1 Å². The second-order valence-electron chi connectivity index (χ2n) is 9.41. The highest BCUT2D eigenvalue weighted by Gasteiger charge is 2.43. The van der Waals surface area contributed by atoms with Crippen LogP contribution in [0.25, 0.3) is 10.3 Å². The van der Waals surface area contributed by atoms with Gasteiger partial charge < -0.3 is 19.0 Å². The van der Waals surface area contributed by atoms with E-state index in [0.29, 0.717) is 37.8 Å². The SMILES string of the molecule is CC(C)(C)[Si](C)(C)OC1CN(c2nc3nc(N4CCOCC4)sc3cc2[N+](=O)[O-])C1. The minimum atomic E-state index is -1.87. The van der Waals surface area contributed by atoms with Gasteiger partial charge in [-0.1, -0.05) is 32.1 Å². The van der Waals surface area contributed by atoms with Gasteiger partial charge in [-0.25, -0.2) is 4.98 Å². The maximum atomic E-state index is 11.7. The summed E-state index contributed by atoms with van der Waals surface area (Å²) in [5.74, 6) is 0.390. The van der Waals surface area contributed by atoms with Crippen LogP contribution < -0.4 is 9.80 Å². The van der Waals surface area contributed by atoms with Crippen LogP contribution in [-0.4, -0.2) is 68.7 Å². The smallest absolute Gasteiger partial charge is 0.313 e. The van der Waals surface area contributed by atoms with Gasteiger partial charge in [-0.3, -0.25) is 10.1 Å². The number of hydrogen-bond donors (Lipinski definition) is 0. The summed E-state index contributed by atoms with van der Waals surface area (Å²) in [6, 6.07) is 1.61. The molecule has 4 heterocycles. The van der Waals surface area contributed by atoms with E-state index in [4.69, 9.17) is 9.16 Å². The van der Waals surface area contributed by atoms with Gasteiger partial charge in [-0.2, -0.15) is 4.98 Å². The van der Waals surface area contributed by atoms with E-state index in [1.165, 1.54) is 11.3 Å². The zero-order valence-corrected chi connectivity index (χ0v) is 20.0. The molecule has 11 heteroatoms. The van der Waals surface area contributed by atoms with Gasteiger partial charge in [0, 0.05) is 32.2 Å². The maximum absolute atomic E-state index is 11.7. The molecule has 0 aliphatic carbocycles. The van der Waals surface area contributed by atoms with Crippen LogP contribution in [0, 0.1) is 10.1 Å². The molecular formula is C19H29N5O4SSi. The average Bonchev–Trinajstić information content (AvgIpc) is 3.06. The van der Waals surface area contributed by atoms with Gasteiger partial charge in [-0.15, -0.1) is 0 Å². The molecule has 2 aliphatic rings. The van der Waals surface area contributed by atoms with E-state index in [9.17, 15) is 10.1 Å². The summed E-state index contributed by atoms with van der Waals surface area (Å²) >= 11 is 1.45. The third-order valence-corrected chi connectivity index (χ3v) is 11.8. The van der Waals surface area contributed by atoms with Crippen LogP contribution in [0.1, 0.15) is 20.8 Å². The second kappa shape index (κ2) is 7.70. The fourth-order valence-electron chi connectivity index (χ4n) is 3.37. The van der Waals surface area contributed by atoms with Crippen molar-refractivity contribution < 1.29 is 14.1 Å². The molecule has 9 nitrogen and oxygen atoms in total. The Morgan fingerprint density at radius 1 is 1.23 bits per heavy atom. The molecular weight excluding hydrogens is 422 g/mol. The maximum Gasteiger partial charge on any atom is 0.313 e.